The van der Waals surface area contributed by atoms with Crippen LogP contribution in [0.2, 0.25) is 0 Å². The number of benzene rings is 2. The Bertz CT molecular complexity index is 1740. The summed E-state index contributed by atoms with van der Waals surface area (Å²) in [4.78, 5) is 12.4. The number of phenols is 3. The first kappa shape index (κ1) is 36.5. The number of rotatable bonds is 7. The molecule has 2 aromatic carbocycles. The molecule has 50 heavy (non-hydrogen) atoms. The first-order valence-corrected chi connectivity index (χ1v) is 19.4. The van der Waals surface area contributed by atoms with Crippen LogP contribution in [0, 0.1) is 52.3 Å². The molecule has 0 unspecified atom stereocenters. The van der Waals surface area contributed by atoms with Crippen LogP contribution in [0.15, 0.2) is 63.5 Å². The Kier molecular flexibility index (Phi) is 10.5. The topological polar surface area (TPSA) is 111 Å². The van der Waals surface area contributed by atoms with E-state index in [4.69, 9.17) is 4.42 Å². The van der Waals surface area contributed by atoms with Gasteiger partial charge in [0.1, 0.15) is 34.5 Å². The lowest BCUT2D eigenvalue weighted by atomic mass is 9.47. The van der Waals surface area contributed by atoms with Gasteiger partial charge in [-0.25, -0.2) is 0 Å². The van der Waals surface area contributed by atoms with Crippen molar-refractivity contribution >= 4 is 11.0 Å². The molecule has 1 heterocycles. The van der Waals surface area contributed by atoms with Gasteiger partial charge in [-0.2, -0.15) is 0 Å². The number of aliphatic hydroxyl groups excluding tert-OH is 1. The molecule has 0 amide bonds. The van der Waals surface area contributed by atoms with Gasteiger partial charge in [0, 0.05) is 12.1 Å². The SMILES string of the molecule is CC[C@H](CC[C@@H](C)[C@H]1CC[C@H]2[C@@H]3CC=C4C[C@@H](O)CC[C@]4(C)[C@H]3CC[C@]12C)C(C)C.O=c1c(-c2ccc(O)cc2)coc2cc(O)cc(O)c12. The Labute approximate surface area is 298 Å². The molecule has 4 aliphatic carbocycles. The zero-order valence-corrected chi connectivity index (χ0v) is 31.1. The summed E-state index contributed by atoms with van der Waals surface area (Å²) < 4.78 is 5.29. The number of phenolic OH excluding ortho intramolecular Hbond substituents is 3. The van der Waals surface area contributed by atoms with Gasteiger partial charge in [0.2, 0.25) is 5.43 Å². The van der Waals surface area contributed by atoms with Crippen LogP contribution in [0.5, 0.6) is 17.2 Å². The smallest absolute Gasteiger partial charge is 0.204 e. The first-order chi connectivity index (χ1) is 23.8. The second-order valence-electron chi connectivity index (χ2n) is 17.2. The lowest BCUT2D eigenvalue weighted by Crippen LogP contribution is -2.50. The van der Waals surface area contributed by atoms with Crippen molar-refractivity contribution in [1.82, 2.24) is 0 Å². The fraction of sp³-hybridized carbons (Fsp3) is 0.614. The molecule has 0 radical (unpaired) electrons. The maximum Gasteiger partial charge on any atom is 0.204 e. The lowest BCUT2D eigenvalue weighted by molar-refractivity contribution is -0.0575. The van der Waals surface area contributed by atoms with Gasteiger partial charge in [-0.3, -0.25) is 4.79 Å². The van der Waals surface area contributed by atoms with E-state index >= 15 is 0 Å². The van der Waals surface area contributed by atoms with E-state index in [1.165, 1.54) is 82.2 Å². The van der Waals surface area contributed by atoms with E-state index < -0.39 is 5.43 Å². The van der Waals surface area contributed by atoms with E-state index in [-0.39, 0.29) is 39.9 Å². The van der Waals surface area contributed by atoms with Crippen molar-refractivity contribution in [2.75, 3.05) is 0 Å². The van der Waals surface area contributed by atoms with Gasteiger partial charge in [-0.15, -0.1) is 0 Å². The van der Waals surface area contributed by atoms with Crippen molar-refractivity contribution in [1.29, 1.82) is 0 Å². The third kappa shape index (κ3) is 6.74. The molecule has 6 heteroatoms. The van der Waals surface area contributed by atoms with E-state index in [0.29, 0.717) is 16.4 Å². The average Bonchev–Trinajstić information content (AvgIpc) is 3.43. The van der Waals surface area contributed by atoms with Crippen molar-refractivity contribution < 1.29 is 24.8 Å². The van der Waals surface area contributed by atoms with Crippen LogP contribution < -0.4 is 5.43 Å². The first-order valence-electron chi connectivity index (χ1n) is 19.4. The highest BCUT2D eigenvalue weighted by Crippen LogP contribution is 2.67. The maximum atomic E-state index is 12.4. The van der Waals surface area contributed by atoms with Gasteiger partial charge >= 0.3 is 0 Å². The van der Waals surface area contributed by atoms with Crippen molar-refractivity contribution in [3.8, 4) is 28.4 Å². The largest absolute Gasteiger partial charge is 0.508 e. The van der Waals surface area contributed by atoms with Gasteiger partial charge in [0.15, 0.2) is 0 Å². The Balaban J connectivity index is 0.000000187. The summed E-state index contributed by atoms with van der Waals surface area (Å²) >= 11 is 0. The van der Waals surface area contributed by atoms with Gasteiger partial charge < -0.3 is 24.8 Å². The van der Waals surface area contributed by atoms with Gasteiger partial charge in [0.25, 0.3) is 0 Å². The molecule has 6 nitrogen and oxygen atoms in total. The Morgan fingerprint density at radius 1 is 0.900 bits per heavy atom. The zero-order chi connectivity index (χ0) is 36.0. The molecule has 0 spiro atoms. The summed E-state index contributed by atoms with van der Waals surface area (Å²) in [5.74, 6) is 5.87. The Morgan fingerprint density at radius 2 is 1.64 bits per heavy atom. The summed E-state index contributed by atoms with van der Waals surface area (Å²) in [5, 5.41) is 38.7. The minimum atomic E-state index is -0.408. The highest BCUT2D eigenvalue weighted by molar-refractivity contribution is 5.88. The van der Waals surface area contributed by atoms with Crippen molar-refractivity contribution in [3.63, 3.8) is 0 Å². The highest BCUT2D eigenvalue weighted by atomic mass is 16.3. The average molecular weight is 685 g/mol. The van der Waals surface area contributed by atoms with Crippen LogP contribution in [-0.2, 0) is 0 Å². The molecule has 3 aromatic rings. The number of allylic oxidation sites excluding steroid dienone is 1. The Morgan fingerprint density at radius 3 is 2.34 bits per heavy atom. The number of aromatic hydroxyl groups is 3. The van der Waals surface area contributed by atoms with E-state index in [1.54, 1.807) is 17.7 Å². The summed E-state index contributed by atoms with van der Waals surface area (Å²) in [6, 6.07) is 8.40. The van der Waals surface area contributed by atoms with Crippen molar-refractivity contribution in [2.45, 2.75) is 118 Å². The summed E-state index contributed by atoms with van der Waals surface area (Å²) in [6.07, 6.45) is 18.4. The number of fused-ring (bicyclic) bond motifs is 6. The second-order valence-corrected chi connectivity index (χ2v) is 17.2. The van der Waals surface area contributed by atoms with Crippen LogP contribution >= 0.6 is 0 Å². The van der Waals surface area contributed by atoms with Gasteiger partial charge in [0.05, 0.1) is 11.7 Å². The fourth-order valence-electron chi connectivity index (χ4n) is 11.4. The molecular formula is C44H60O6. The molecule has 9 atom stereocenters. The van der Waals surface area contributed by atoms with Crippen molar-refractivity contribution in [3.05, 3.63) is 64.5 Å². The predicted molar refractivity (Wildman–Crippen MR) is 201 cm³/mol. The molecule has 3 fully saturated rings. The van der Waals surface area contributed by atoms with Crippen LogP contribution in [0.3, 0.4) is 0 Å². The highest BCUT2D eigenvalue weighted by Gasteiger charge is 2.59. The summed E-state index contributed by atoms with van der Waals surface area (Å²) in [6.45, 7) is 15.1. The molecule has 0 aliphatic heterocycles. The minimum absolute atomic E-state index is 0.00775. The standard InChI is InChI=1S/C29H50O.C15H10O5/c1-7-21(19(2)3)9-8-20(4)25-12-13-26-24-11-10-22-18-23(30)14-16-28(22,5)27(24)15-17-29(25,26)6;16-9-3-1-8(2-4-9)11-7-20-13-6-10(17)5-12(18)14(13)15(11)19/h10,19-21,23-27,30H,7-9,11-18H2,1-6H3;1-7,16-18H/t20-,21-,23+,24+,25-,26+,27+,28+,29-;/m1./s1. The summed E-state index contributed by atoms with van der Waals surface area (Å²) in [5.41, 5.74) is 3.11. The van der Waals surface area contributed by atoms with E-state index in [9.17, 15) is 25.2 Å². The maximum absolute atomic E-state index is 12.4. The molecule has 7 rings (SSSR count). The molecule has 4 N–H and O–H groups in total. The number of hydrogen-bond acceptors (Lipinski definition) is 6. The van der Waals surface area contributed by atoms with E-state index in [2.05, 4.69) is 47.6 Å². The molecule has 1 aromatic heterocycles. The molecule has 4 aliphatic rings. The predicted octanol–water partition coefficient (Wildman–Crippen LogP) is 10.6. The molecular weight excluding hydrogens is 624 g/mol. The number of aliphatic hydroxyl groups is 1. The van der Waals surface area contributed by atoms with Crippen LogP contribution in [0.1, 0.15) is 112 Å². The number of hydrogen-bond donors (Lipinski definition) is 4. The molecule has 3 saturated carbocycles. The van der Waals surface area contributed by atoms with E-state index in [0.717, 1.165) is 60.3 Å². The third-order valence-corrected chi connectivity index (χ3v) is 14.3. The fourth-order valence-corrected chi connectivity index (χ4v) is 11.4. The van der Waals surface area contributed by atoms with Gasteiger partial charge in [-0.1, -0.05) is 78.2 Å². The van der Waals surface area contributed by atoms with Crippen LogP contribution in [0.25, 0.3) is 22.1 Å². The van der Waals surface area contributed by atoms with Gasteiger partial charge in [-0.05, 0) is 128 Å². The third-order valence-electron chi connectivity index (χ3n) is 14.3. The monoisotopic (exact) mass is 684 g/mol. The van der Waals surface area contributed by atoms with Crippen LogP contribution in [-0.4, -0.2) is 26.5 Å². The quantitative estimate of drug-likeness (QED) is 0.184. The van der Waals surface area contributed by atoms with Crippen LogP contribution in [0.4, 0.5) is 0 Å². The normalized spacial score (nSPS) is 31.5. The zero-order valence-electron chi connectivity index (χ0n) is 31.1. The molecule has 0 saturated heterocycles. The van der Waals surface area contributed by atoms with E-state index in [1.807, 2.05) is 0 Å². The minimum Gasteiger partial charge on any atom is -0.508 e. The Hall–Kier alpha value is -3.25. The molecule has 272 valence electrons. The van der Waals surface area contributed by atoms with Crippen molar-refractivity contribution in [2.24, 2.45) is 52.3 Å². The second kappa shape index (κ2) is 14.4. The summed E-state index contributed by atoms with van der Waals surface area (Å²) in [7, 11) is 0. The lowest BCUT2D eigenvalue weighted by Gasteiger charge is -2.58. The molecule has 0 bridgehead atoms.